The molecule has 0 radical (unpaired) electrons. The molecule has 1 atom stereocenters. The quantitative estimate of drug-likeness (QED) is 0.871. The van der Waals surface area contributed by atoms with E-state index in [0.717, 1.165) is 0 Å². The average Bonchev–Trinajstić information content (AvgIpc) is 3.12. The maximum Gasteiger partial charge on any atom is 0.412 e. The third-order valence-corrected chi connectivity index (χ3v) is 5.29. The molecule has 2 N–H and O–H groups in total. The van der Waals surface area contributed by atoms with Crippen LogP contribution in [0, 0.1) is 6.92 Å². The molecule has 3 rings (SSSR count). The largest absolute Gasteiger partial charge is 0.412 e. The average molecular weight is 390 g/mol. The molecule has 2 heterocycles. The zero-order valence-electron chi connectivity index (χ0n) is 12.9. The number of nitrogens with zero attached hydrogens (tertiary/aromatic N) is 3. The first-order chi connectivity index (χ1) is 11.6. The number of aromatic nitrogens is 1. The van der Waals surface area contributed by atoms with E-state index in [0.29, 0.717) is 16.4 Å². The molecule has 0 aliphatic carbocycles. The van der Waals surface area contributed by atoms with Crippen molar-refractivity contribution in [3.8, 4) is 0 Å². The predicted molar refractivity (Wildman–Crippen MR) is 88.4 cm³/mol. The van der Waals surface area contributed by atoms with Crippen molar-refractivity contribution < 1.29 is 21.6 Å². The number of benzene rings is 1. The summed E-state index contributed by atoms with van der Waals surface area (Å²) in [5.74, 6) is 0.107. The number of hydrogen-bond donors (Lipinski definition) is 1. The Bertz CT molecular complexity index is 920. The number of nitrogens with two attached hydrogens (primary N) is 1. The lowest BCUT2D eigenvalue weighted by Gasteiger charge is -2.21. The number of alkyl halides is 3. The Morgan fingerprint density at radius 1 is 1.28 bits per heavy atom. The first-order valence-electron chi connectivity index (χ1n) is 7.03. The molecular weight excluding hydrogens is 377 g/mol. The number of thiazole rings is 1. The molecule has 1 aliphatic heterocycles. The summed E-state index contributed by atoms with van der Waals surface area (Å²) in [4.78, 5) is 9.25. The van der Waals surface area contributed by atoms with Crippen molar-refractivity contribution in [1.82, 2.24) is 4.98 Å². The summed E-state index contributed by atoms with van der Waals surface area (Å²) in [7, 11) is -3.88. The molecule has 1 unspecified atom stereocenters. The van der Waals surface area contributed by atoms with Gasteiger partial charge in [-0.05, 0) is 31.2 Å². The predicted octanol–water partition coefficient (Wildman–Crippen LogP) is 2.30. The van der Waals surface area contributed by atoms with E-state index >= 15 is 0 Å². The highest BCUT2D eigenvalue weighted by Crippen LogP contribution is 2.32. The van der Waals surface area contributed by atoms with Crippen LogP contribution in [0.1, 0.15) is 10.7 Å². The van der Waals surface area contributed by atoms with Crippen LogP contribution < -0.4 is 10.0 Å². The van der Waals surface area contributed by atoms with Crippen molar-refractivity contribution in [2.75, 3.05) is 11.4 Å². The highest BCUT2D eigenvalue weighted by molar-refractivity contribution is 7.89. The third-order valence-electron chi connectivity index (χ3n) is 3.59. The molecule has 1 aromatic carbocycles. The van der Waals surface area contributed by atoms with Crippen molar-refractivity contribution in [3.05, 3.63) is 40.3 Å². The molecule has 0 spiro atoms. The maximum absolute atomic E-state index is 13.1. The second-order valence-corrected chi connectivity index (χ2v) is 8.04. The van der Waals surface area contributed by atoms with Crippen LogP contribution in [0.25, 0.3) is 0 Å². The molecule has 0 bridgehead atoms. The number of aryl methyl sites for hydroxylation is 1. The Labute approximate surface area is 145 Å². The van der Waals surface area contributed by atoms with E-state index in [9.17, 15) is 21.6 Å². The second kappa shape index (κ2) is 6.07. The Balaban J connectivity index is 2.00. The summed E-state index contributed by atoms with van der Waals surface area (Å²) in [6, 6.07) is 3.41. The van der Waals surface area contributed by atoms with Crippen molar-refractivity contribution in [2.24, 2.45) is 10.1 Å². The normalized spacial score (nSPS) is 18.5. The minimum absolute atomic E-state index is 0.107. The summed E-state index contributed by atoms with van der Waals surface area (Å²) >= 11 is 1.31. The number of primary sulfonamides is 1. The van der Waals surface area contributed by atoms with Crippen molar-refractivity contribution >= 4 is 32.9 Å². The van der Waals surface area contributed by atoms with Crippen LogP contribution in [0.4, 0.5) is 18.9 Å². The molecule has 11 heteroatoms. The smallest absolute Gasteiger partial charge is 0.322 e. The lowest BCUT2D eigenvalue weighted by molar-refractivity contribution is -0.142. The number of hydrogen-bond acceptors (Lipinski definition) is 6. The molecule has 2 aromatic rings. The molecule has 25 heavy (non-hydrogen) atoms. The van der Waals surface area contributed by atoms with E-state index in [1.54, 1.807) is 12.3 Å². The summed E-state index contributed by atoms with van der Waals surface area (Å²) in [5, 5.41) is 7.38. The molecule has 0 saturated carbocycles. The number of rotatable bonds is 3. The first-order valence-corrected chi connectivity index (χ1v) is 9.46. The fourth-order valence-corrected chi connectivity index (χ4v) is 3.52. The van der Waals surface area contributed by atoms with Crippen LogP contribution in [-0.2, 0) is 10.0 Å². The van der Waals surface area contributed by atoms with E-state index in [-0.39, 0.29) is 10.7 Å². The molecule has 134 valence electrons. The third kappa shape index (κ3) is 3.67. The lowest BCUT2D eigenvalue weighted by Crippen LogP contribution is -2.35. The van der Waals surface area contributed by atoms with Gasteiger partial charge in [0, 0.05) is 11.1 Å². The molecule has 1 aromatic heterocycles. The number of anilines is 1. The van der Waals surface area contributed by atoms with Gasteiger partial charge in [-0.1, -0.05) is 0 Å². The van der Waals surface area contributed by atoms with Crippen LogP contribution in [0.15, 0.2) is 39.5 Å². The molecule has 0 amide bonds. The number of aliphatic imine (C=N–C) groups is 1. The zero-order chi connectivity index (χ0) is 18.4. The van der Waals surface area contributed by atoms with Gasteiger partial charge in [0.05, 0.1) is 16.4 Å². The van der Waals surface area contributed by atoms with Crippen LogP contribution in [0.2, 0.25) is 0 Å². The number of halogens is 3. The van der Waals surface area contributed by atoms with Crippen LogP contribution in [0.3, 0.4) is 0 Å². The molecule has 0 fully saturated rings. The van der Waals surface area contributed by atoms with Crippen molar-refractivity contribution in [2.45, 2.75) is 24.0 Å². The van der Waals surface area contributed by atoms with Crippen molar-refractivity contribution in [3.63, 3.8) is 0 Å². The molecule has 6 nitrogen and oxygen atoms in total. The Morgan fingerprint density at radius 3 is 2.40 bits per heavy atom. The van der Waals surface area contributed by atoms with Gasteiger partial charge in [0.15, 0.2) is 11.9 Å². The van der Waals surface area contributed by atoms with E-state index in [1.165, 1.54) is 40.5 Å². The Kier molecular flexibility index (Phi) is 4.33. The van der Waals surface area contributed by atoms with Crippen LogP contribution >= 0.6 is 11.3 Å². The van der Waals surface area contributed by atoms with Gasteiger partial charge >= 0.3 is 6.18 Å². The summed E-state index contributed by atoms with van der Waals surface area (Å²) in [6.45, 7) is 1.35. The topological polar surface area (TPSA) is 88.7 Å². The van der Waals surface area contributed by atoms with Gasteiger partial charge in [-0.15, -0.1) is 11.3 Å². The molecule has 1 aliphatic rings. The van der Waals surface area contributed by atoms with E-state index in [1.807, 2.05) is 0 Å². The highest BCUT2D eigenvalue weighted by Gasteiger charge is 2.45. The summed E-state index contributed by atoms with van der Waals surface area (Å²) in [5.41, 5.74) is 0.730. The molecule has 0 saturated heterocycles. The number of sulfonamides is 1. The maximum atomic E-state index is 13.1. The SMILES string of the molecule is Cc1nc(C2=NC(C(F)(F)F)CN2c2ccc(S(N)(=O)=O)cc2)cs1. The fourth-order valence-electron chi connectivity index (χ4n) is 2.41. The van der Waals surface area contributed by atoms with Crippen LogP contribution in [-0.4, -0.2) is 38.0 Å². The number of amidine groups is 1. The minimum atomic E-state index is -4.48. The van der Waals surface area contributed by atoms with Crippen molar-refractivity contribution in [1.29, 1.82) is 0 Å². The second-order valence-electron chi connectivity index (χ2n) is 5.41. The highest BCUT2D eigenvalue weighted by atomic mass is 32.2. The standard InChI is InChI=1S/C14H13F3N4O2S2/c1-8-19-11(7-24-8)13-20-12(14(15,16)17)6-21(13)9-2-4-10(5-3-9)25(18,22)23/h2-5,7,12H,6H2,1H3,(H2,18,22,23). The van der Waals surface area contributed by atoms with Crippen LogP contribution in [0.5, 0.6) is 0 Å². The fraction of sp³-hybridized carbons (Fsp3) is 0.286. The van der Waals surface area contributed by atoms with Gasteiger partial charge in [-0.25, -0.2) is 18.5 Å². The van der Waals surface area contributed by atoms with Gasteiger partial charge in [0.2, 0.25) is 10.0 Å². The van der Waals surface area contributed by atoms with Gasteiger partial charge in [0.25, 0.3) is 0 Å². The van der Waals surface area contributed by atoms with E-state index in [4.69, 9.17) is 5.14 Å². The van der Waals surface area contributed by atoms with E-state index in [2.05, 4.69) is 9.98 Å². The molecular formula is C14H13F3N4O2S2. The lowest BCUT2D eigenvalue weighted by atomic mass is 10.2. The minimum Gasteiger partial charge on any atom is -0.322 e. The van der Waals surface area contributed by atoms with Gasteiger partial charge in [-0.2, -0.15) is 13.2 Å². The van der Waals surface area contributed by atoms with E-state index < -0.39 is 28.8 Å². The van der Waals surface area contributed by atoms with Gasteiger partial charge in [0.1, 0.15) is 5.69 Å². The zero-order valence-corrected chi connectivity index (χ0v) is 14.5. The van der Waals surface area contributed by atoms with Gasteiger partial charge < -0.3 is 4.90 Å². The summed E-state index contributed by atoms with van der Waals surface area (Å²) in [6.07, 6.45) is -4.48. The Hall–Kier alpha value is -1.98. The Morgan fingerprint density at radius 2 is 1.92 bits per heavy atom. The first kappa shape index (κ1) is 17.8. The van der Waals surface area contributed by atoms with Gasteiger partial charge in [-0.3, -0.25) is 4.99 Å². The summed E-state index contributed by atoms with van der Waals surface area (Å²) < 4.78 is 62.0. The monoisotopic (exact) mass is 390 g/mol.